The highest BCUT2D eigenvalue weighted by atomic mass is 35.5. The summed E-state index contributed by atoms with van der Waals surface area (Å²) in [6, 6.07) is 9.25. The number of benzene rings is 1. The van der Waals surface area contributed by atoms with E-state index in [1.165, 1.54) is 0 Å². The average molecular weight is 285 g/mol. The SMILES string of the molecule is Cc1cc2c(n1-c1cc(C#N)ccc1Cl)CCCC2=O. The zero-order valence-electron chi connectivity index (χ0n) is 11.1. The predicted molar refractivity (Wildman–Crippen MR) is 77.5 cm³/mol. The van der Waals surface area contributed by atoms with E-state index in [2.05, 4.69) is 6.07 Å². The van der Waals surface area contributed by atoms with Crippen LogP contribution in [0.2, 0.25) is 5.02 Å². The first-order valence-electron chi connectivity index (χ1n) is 6.56. The van der Waals surface area contributed by atoms with Crippen molar-refractivity contribution in [3.63, 3.8) is 0 Å². The van der Waals surface area contributed by atoms with E-state index in [-0.39, 0.29) is 5.78 Å². The number of ketones is 1. The van der Waals surface area contributed by atoms with Crippen LogP contribution in [0.15, 0.2) is 24.3 Å². The van der Waals surface area contributed by atoms with Gasteiger partial charge in [0.15, 0.2) is 5.78 Å². The van der Waals surface area contributed by atoms with Crippen LogP contribution in [-0.4, -0.2) is 10.4 Å². The number of carbonyl (C=O) groups is 1. The van der Waals surface area contributed by atoms with Gasteiger partial charge >= 0.3 is 0 Å². The van der Waals surface area contributed by atoms with Crippen LogP contribution in [0.25, 0.3) is 5.69 Å². The summed E-state index contributed by atoms with van der Waals surface area (Å²) < 4.78 is 2.01. The highest BCUT2D eigenvalue weighted by Gasteiger charge is 2.24. The standard InChI is InChI=1S/C16H13ClN2O/c1-10-7-12-14(3-2-4-16(12)20)19(10)15-8-11(9-18)5-6-13(15)17/h5-8H,2-4H2,1H3. The molecule has 0 atom stereocenters. The first-order valence-corrected chi connectivity index (χ1v) is 6.94. The third-order valence-electron chi connectivity index (χ3n) is 3.72. The van der Waals surface area contributed by atoms with Crippen molar-refractivity contribution in [2.75, 3.05) is 0 Å². The number of halogens is 1. The molecule has 0 radical (unpaired) electrons. The summed E-state index contributed by atoms with van der Waals surface area (Å²) in [5.41, 5.74) is 4.12. The Labute approximate surface area is 122 Å². The molecule has 0 N–H and O–H groups in total. The fourth-order valence-electron chi connectivity index (χ4n) is 2.82. The summed E-state index contributed by atoms with van der Waals surface area (Å²) in [7, 11) is 0. The van der Waals surface area contributed by atoms with E-state index in [4.69, 9.17) is 16.9 Å². The molecule has 0 aliphatic heterocycles. The largest absolute Gasteiger partial charge is 0.316 e. The summed E-state index contributed by atoms with van der Waals surface area (Å²) in [4.78, 5) is 12.0. The van der Waals surface area contributed by atoms with Crippen LogP contribution in [0.5, 0.6) is 0 Å². The van der Waals surface area contributed by atoms with E-state index in [1.54, 1.807) is 18.2 Å². The lowest BCUT2D eigenvalue weighted by Gasteiger charge is -2.17. The number of nitrogens with zero attached hydrogens (tertiary/aromatic N) is 2. The predicted octanol–water partition coefficient (Wildman–Crippen LogP) is 3.83. The van der Waals surface area contributed by atoms with Gasteiger partial charge in [0.05, 0.1) is 22.3 Å². The minimum atomic E-state index is 0.195. The van der Waals surface area contributed by atoms with Crippen molar-refractivity contribution < 1.29 is 4.79 Å². The van der Waals surface area contributed by atoms with Crippen molar-refractivity contribution in [2.24, 2.45) is 0 Å². The van der Waals surface area contributed by atoms with E-state index in [1.807, 2.05) is 17.6 Å². The van der Waals surface area contributed by atoms with Crippen molar-refractivity contribution >= 4 is 17.4 Å². The lowest BCUT2D eigenvalue weighted by molar-refractivity contribution is 0.0972. The van der Waals surface area contributed by atoms with Crippen molar-refractivity contribution in [3.05, 3.63) is 51.8 Å². The van der Waals surface area contributed by atoms with Crippen LogP contribution in [0.4, 0.5) is 0 Å². The normalized spacial score (nSPS) is 13.9. The summed E-state index contributed by atoms with van der Waals surface area (Å²) >= 11 is 6.28. The van der Waals surface area contributed by atoms with Crippen molar-refractivity contribution in [1.29, 1.82) is 5.26 Å². The number of Topliss-reactive ketones (excluding diaryl/α,β-unsaturated/α-hetero) is 1. The molecule has 0 amide bonds. The lowest BCUT2D eigenvalue weighted by atomic mass is 9.96. The maximum Gasteiger partial charge on any atom is 0.164 e. The third kappa shape index (κ3) is 1.93. The number of rotatable bonds is 1. The molecule has 1 aliphatic carbocycles. The van der Waals surface area contributed by atoms with Gasteiger partial charge in [0.2, 0.25) is 0 Å². The molecule has 0 fully saturated rings. The molecule has 0 saturated carbocycles. The van der Waals surface area contributed by atoms with Gasteiger partial charge in [0.25, 0.3) is 0 Å². The molecule has 0 unspecified atom stereocenters. The Hall–Kier alpha value is -2.05. The molecule has 0 saturated heterocycles. The van der Waals surface area contributed by atoms with Crippen molar-refractivity contribution in [3.8, 4) is 11.8 Å². The fourth-order valence-corrected chi connectivity index (χ4v) is 3.02. The quantitative estimate of drug-likeness (QED) is 0.799. The molecule has 20 heavy (non-hydrogen) atoms. The van der Waals surface area contributed by atoms with Crippen molar-refractivity contribution in [1.82, 2.24) is 4.57 Å². The maximum absolute atomic E-state index is 12.0. The van der Waals surface area contributed by atoms with Gasteiger partial charge < -0.3 is 4.57 Å². The molecule has 0 spiro atoms. The highest BCUT2D eigenvalue weighted by molar-refractivity contribution is 6.32. The third-order valence-corrected chi connectivity index (χ3v) is 4.04. The molecule has 1 heterocycles. The van der Waals surface area contributed by atoms with Crippen LogP contribution in [0.3, 0.4) is 0 Å². The highest BCUT2D eigenvalue weighted by Crippen LogP contribution is 2.31. The molecule has 2 aromatic rings. The smallest absolute Gasteiger partial charge is 0.164 e. The first kappa shape index (κ1) is 13.0. The molecule has 0 bridgehead atoms. The van der Waals surface area contributed by atoms with E-state index in [0.717, 1.165) is 35.5 Å². The molecular formula is C16H13ClN2O. The Bertz CT molecular complexity index is 753. The van der Waals surface area contributed by atoms with Gasteiger partial charge in [-0.25, -0.2) is 0 Å². The number of hydrogen-bond acceptors (Lipinski definition) is 2. The Kier molecular flexibility index (Phi) is 3.11. The minimum absolute atomic E-state index is 0.195. The van der Waals surface area contributed by atoms with Gasteiger partial charge in [0, 0.05) is 23.4 Å². The summed E-state index contributed by atoms with van der Waals surface area (Å²) in [6.45, 7) is 1.96. The van der Waals surface area contributed by atoms with Crippen LogP contribution >= 0.6 is 11.6 Å². The minimum Gasteiger partial charge on any atom is -0.316 e. The summed E-state index contributed by atoms with van der Waals surface area (Å²) in [6.07, 6.45) is 2.34. The second kappa shape index (κ2) is 4.81. The summed E-state index contributed by atoms with van der Waals surface area (Å²) in [5.74, 6) is 0.195. The molecule has 3 nitrogen and oxygen atoms in total. The number of fused-ring (bicyclic) bond motifs is 1. The van der Waals surface area contributed by atoms with Gasteiger partial charge in [-0.3, -0.25) is 4.79 Å². The first-order chi connectivity index (χ1) is 9.61. The zero-order chi connectivity index (χ0) is 14.3. The van der Waals surface area contributed by atoms with Gasteiger partial charge in [-0.2, -0.15) is 5.26 Å². The number of carbonyl (C=O) groups excluding carboxylic acids is 1. The number of hydrogen-bond donors (Lipinski definition) is 0. The Morgan fingerprint density at radius 3 is 2.85 bits per heavy atom. The van der Waals surface area contributed by atoms with E-state index >= 15 is 0 Å². The van der Waals surface area contributed by atoms with Crippen LogP contribution in [0.1, 0.15) is 40.2 Å². The van der Waals surface area contributed by atoms with Gasteiger partial charge in [0.1, 0.15) is 0 Å². The molecule has 100 valence electrons. The Morgan fingerprint density at radius 1 is 1.30 bits per heavy atom. The molecule has 1 aromatic heterocycles. The zero-order valence-corrected chi connectivity index (χ0v) is 11.9. The van der Waals surface area contributed by atoms with E-state index in [0.29, 0.717) is 17.0 Å². The van der Waals surface area contributed by atoms with Crippen molar-refractivity contribution in [2.45, 2.75) is 26.2 Å². The molecule has 3 rings (SSSR count). The molecule has 1 aromatic carbocycles. The van der Waals surface area contributed by atoms with Crippen LogP contribution in [-0.2, 0) is 6.42 Å². The number of nitriles is 1. The maximum atomic E-state index is 12.0. The molecular weight excluding hydrogens is 272 g/mol. The average Bonchev–Trinajstić information content (AvgIpc) is 2.77. The Balaban J connectivity index is 2.26. The van der Waals surface area contributed by atoms with Crippen LogP contribution < -0.4 is 0 Å². The van der Waals surface area contributed by atoms with Crippen LogP contribution in [0, 0.1) is 18.3 Å². The Morgan fingerprint density at radius 2 is 2.10 bits per heavy atom. The topological polar surface area (TPSA) is 45.8 Å². The lowest BCUT2D eigenvalue weighted by Crippen LogP contribution is -2.13. The second-order valence-corrected chi connectivity index (χ2v) is 5.44. The fraction of sp³-hybridized carbons (Fsp3) is 0.250. The number of aryl methyl sites for hydroxylation is 1. The second-order valence-electron chi connectivity index (χ2n) is 5.04. The van der Waals surface area contributed by atoms with Gasteiger partial charge in [-0.05, 0) is 44.0 Å². The van der Waals surface area contributed by atoms with Gasteiger partial charge in [-0.1, -0.05) is 11.6 Å². The summed E-state index contributed by atoms with van der Waals surface area (Å²) in [5, 5.41) is 9.63. The monoisotopic (exact) mass is 284 g/mol. The van der Waals surface area contributed by atoms with E-state index < -0.39 is 0 Å². The molecule has 4 heteroatoms. The number of aromatic nitrogens is 1. The van der Waals surface area contributed by atoms with E-state index in [9.17, 15) is 4.79 Å². The van der Waals surface area contributed by atoms with Gasteiger partial charge in [-0.15, -0.1) is 0 Å². The molecule has 1 aliphatic rings.